The lowest BCUT2D eigenvalue weighted by Crippen LogP contribution is -2.26. The normalized spacial score (nSPS) is 10.2. The Morgan fingerprint density at radius 2 is 1.80 bits per heavy atom. The summed E-state index contributed by atoms with van der Waals surface area (Å²) in [4.78, 5) is 13.7. The number of amides is 1. The van der Waals surface area contributed by atoms with E-state index in [1.54, 1.807) is 56.6 Å². The molecular weight excluding hydrogens is 257 g/mol. The van der Waals surface area contributed by atoms with Crippen LogP contribution in [0.2, 0.25) is 0 Å². The highest BCUT2D eigenvalue weighted by molar-refractivity contribution is 5.94. The highest BCUT2D eigenvalue weighted by Gasteiger charge is 2.13. The summed E-state index contributed by atoms with van der Waals surface area (Å²) in [5.74, 6) is 0.232. The number of carbonyl (C=O) groups excluding carboxylic acids is 1. The van der Waals surface area contributed by atoms with Crippen LogP contribution >= 0.6 is 0 Å². The largest absolute Gasteiger partial charge is 0.497 e. The van der Waals surface area contributed by atoms with Gasteiger partial charge in [0.05, 0.1) is 7.11 Å². The number of benzene rings is 2. The molecule has 3 nitrogen and oxygen atoms in total. The summed E-state index contributed by atoms with van der Waals surface area (Å²) in [6, 6.07) is 13.3. The van der Waals surface area contributed by atoms with Crippen LogP contribution in [0.4, 0.5) is 4.39 Å². The van der Waals surface area contributed by atoms with Crippen LogP contribution in [0.5, 0.6) is 5.75 Å². The van der Waals surface area contributed by atoms with E-state index in [-0.39, 0.29) is 18.3 Å². The van der Waals surface area contributed by atoms with Crippen LogP contribution < -0.4 is 4.74 Å². The smallest absolute Gasteiger partial charge is 0.253 e. The molecule has 0 saturated carbocycles. The van der Waals surface area contributed by atoms with Gasteiger partial charge in [-0.25, -0.2) is 4.39 Å². The highest BCUT2D eigenvalue weighted by Crippen LogP contribution is 2.15. The molecule has 0 aliphatic heterocycles. The van der Waals surface area contributed by atoms with Crippen molar-refractivity contribution in [3.05, 3.63) is 65.5 Å². The fourth-order valence-corrected chi connectivity index (χ4v) is 1.91. The van der Waals surface area contributed by atoms with Crippen molar-refractivity contribution < 1.29 is 13.9 Å². The van der Waals surface area contributed by atoms with E-state index in [9.17, 15) is 9.18 Å². The topological polar surface area (TPSA) is 29.5 Å². The first-order chi connectivity index (χ1) is 9.61. The Morgan fingerprint density at radius 3 is 2.40 bits per heavy atom. The van der Waals surface area contributed by atoms with E-state index in [0.717, 1.165) is 0 Å². The number of ether oxygens (including phenoxy) is 1. The molecular formula is C16H16FNO2. The molecule has 104 valence electrons. The van der Waals surface area contributed by atoms with E-state index in [1.807, 2.05) is 0 Å². The summed E-state index contributed by atoms with van der Waals surface area (Å²) in [7, 11) is 3.22. The molecule has 0 bridgehead atoms. The third kappa shape index (κ3) is 3.15. The molecule has 2 aromatic rings. The maximum atomic E-state index is 13.6. The van der Waals surface area contributed by atoms with Gasteiger partial charge in [-0.1, -0.05) is 18.2 Å². The standard InChI is InChI=1S/C16H16FNO2/c1-18(11-13-5-3-4-6-15(13)17)16(19)12-7-9-14(20-2)10-8-12/h3-10H,11H2,1-2H3. The summed E-state index contributed by atoms with van der Waals surface area (Å²) >= 11 is 0. The van der Waals surface area contributed by atoms with E-state index in [4.69, 9.17) is 4.74 Å². The molecule has 0 unspecified atom stereocenters. The highest BCUT2D eigenvalue weighted by atomic mass is 19.1. The Morgan fingerprint density at radius 1 is 1.15 bits per heavy atom. The average Bonchev–Trinajstić information content (AvgIpc) is 2.49. The minimum Gasteiger partial charge on any atom is -0.497 e. The first kappa shape index (κ1) is 14.1. The zero-order chi connectivity index (χ0) is 14.5. The summed E-state index contributed by atoms with van der Waals surface area (Å²) in [6.45, 7) is 0.234. The molecule has 0 aromatic heterocycles. The molecule has 4 heteroatoms. The number of nitrogens with zero attached hydrogens (tertiary/aromatic N) is 1. The van der Waals surface area contributed by atoms with Crippen molar-refractivity contribution in [2.45, 2.75) is 6.54 Å². The molecule has 2 aromatic carbocycles. The first-order valence-electron chi connectivity index (χ1n) is 6.24. The van der Waals surface area contributed by atoms with Gasteiger partial charge in [0.15, 0.2) is 0 Å². The third-order valence-corrected chi connectivity index (χ3v) is 3.05. The van der Waals surface area contributed by atoms with Crippen LogP contribution in [-0.2, 0) is 6.54 Å². The third-order valence-electron chi connectivity index (χ3n) is 3.05. The van der Waals surface area contributed by atoms with Crippen molar-refractivity contribution in [3.8, 4) is 5.75 Å². The van der Waals surface area contributed by atoms with Crippen LogP contribution in [0, 0.1) is 5.82 Å². The lowest BCUT2D eigenvalue weighted by molar-refractivity contribution is 0.0784. The van der Waals surface area contributed by atoms with Gasteiger partial charge in [0.2, 0.25) is 0 Å². The van der Waals surface area contributed by atoms with Crippen molar-refractivity contribution in [2.24, 2.45) is 0 Å². The zero-order valence-electron chi connectivity index (χ0n) is 11.5. The SMILES string of the molecule is COc1ccc(C(=O)N(C)Cc2ccccc2F)cc1. The van der Waals surface area contributed by atoms with Crippen LogP contribution in [0.15, 0.2) is 48.5 Å². The molecule has 0 aliphatic rings. The molecule has 0 N–H and O–H groups in total. The summed E-state index contributed by atoms with van der Waals surface area (Å²) in [6.07, 6.45) is 0. The van der Waals surface area contributed by atoms with Crippen LogP contribution in [-0.4, -0.2) is 25.0 Å². The first-order valence-corrected chi connectivity index (χ1v) is 6.24. The van der Waals surface area contributed by atoms with E-state index in [1.165, 1.54) is 11.0 Å². The predicted octanol–water partition coefficient (Wildman–Crippen LogP) is 3.11. The quantitative estimate of drug-likeness (QED) is 0.856. The molecule has 1 amide bonds. The Balaban J connectivity index is 2.10. The lowest BCUT2D eigenvalue weighted by Gasteiger charge is -2.17. The number of halogens is 1. The molecule has 20 heavy (non-hydrogen) atoms. The van der Waals surface area contributed by atoms with Crippen molar-refractivity contribution in [3.63, 3.8) is 0 Å². The van der Waals surface area contributed by atoms with Crippen molar-refractivity contribution >= 4 is 5.91 Å². The second-order valence-corrected chi connectivity index (χ2v) is 4.48. The molecule has 0 spiro atoms. The Labute approximate surface area is 117 Å². The second kappa shape index (κ2) is 6.19. The average molecular weight is 273 g/mol. The number of carbonyl (C=O) groups is 1. The number of hydrogen-bond donors (Lipinski definition) is 0. The van der Waals surface area contributed by atoms with Crippen molar-refractivity contribution in [1.82, 2.24) is 4.90 Å². The fourth-order valence-electron chi connectivity index (χ4n) is 1.91. The predicted molar refractivity (Wildman–Crippen MR) is 75.2 cm³/mol. The van der Waals surface area contributed by atoms with E-state index in [2.05, 4.69) is 0 Å². The zero-order valence-corrected chi connectivity index (χ0v) is 11.5. The van der Waals surface area contributed by atoms with Crippen molar-refractivity contribution in [2.75, 3.05) is 14.2 Å². The second-order valence-electron chi connectivity index (χ2n) is 4.48. The molecule has 0 atom stereocenters. The molecule has 2 rings (SSSR count). The van der Waals surface area contributed by atoms with Crippen LogP contribution in [0.3, 0.4) is 0 Å². The van der Waals surface area contributed by atoms with E-state index in [0.29, 0.717) is 16.9 Å². The Kier molecular flexibility index (Phi) is 4.35. The molecule has 0 radical (unpaired) electrons. The fraction of sp³-hybridized carbons (Fsp3) is 0.188. The van der Waals surface area contributed by atoms with Crippen LogP contribution in [0.25, 0.3) is 0 Å². The van der Waals surface area contributed by atoms with E-state index < -0.39 is 0 Å². The molecule has 0 fully saturated rings. The molecule has 0 aliphatic carbocycles. The maximum absolute atomic E-state index is 13.6. The van der Waals surface area contributed by atoms with Gasteiger partial charge in [-0.3, -0.25) is 4.79 Å². The summed E-state index contributed by atoms with van der Waals surface area (Å²) in [5, 5.41) is 0. The number of hydrogen-bond acceptors (Lipinski definition) is 2. The maximum Gasteiger partial charge on any atom is 0.253 e. The molecule has 0 saturated heterocycles. The summed E-state index contributed by atoms with van der Waals surface area (Å²) in [5.41, 5.74) is 1.04. The van der Waals surface area contributed by atoms with Crippen molar-refractivity contribution in [1.29, 1.82) is 0 Å². The summed E-state index contributed by atoms with van der Waals surface area (Å²) < 4.78 is 18.6. The van der Waals surface area contributed by atoms with Gasteiger partial charge in [-0.05, 0) is 30.3 Å². The number of rotatable bonds is 4. The van der Waals surface area contributed by atoms with E-state index >= 15 is 0 Å². The van der Waals surface area contributed by atoms with Gasteiger partial charge in [-0.2, -0.15) is 0 Å². The Hall–Kier alpha value is -2.36. The monoisotopic (exact) mass is 273 g/mol. The van der Waals surface area contributed by atoms with Gasteiger partial charge in [0, 0.05) is 24.7 Å². The van der Waals surface area contributed by atoms with Gasteiger partial charge >= 0.3 is 0 Å². The minimum atomic E-state index is -0.304. The van der Waals surface area contributed by atoms with Gasteiger partial charge in [0.1, 0.15) is 11.6 Å². The van der Waals surface area contributed by atoms with Gasteiger partial charge in [-0.15, -0.1) is 0 Å². The molecule has 0 heterocycles. The van der Waals surface area contributed by atoms with Gasteiger partial charge < -0.3 is 9.64 Å². The Bertz CT molecular complexity index is 596. The lowest BCUT2D eigenvalue weighted by atomic mass is 10.1. The minimum absolute atomic E-state index is 0.157. The van der Waals surface area contributed by atoms with Crippen LogP contribution in [0.1, 0.15) is 15.9 Å². The van der Waals surface area contributed by atoms with Gasteiger partial charge in [0.25, 0.3) is 5.91 Å². The number of methoxy groups -OCH3 is 1.